The molecule has 48 heavy (non-hydrogen) atoms. The molecule has 0 aromatic heterocycles. The molecule has 0 spiro atoms. The third-order valence-electron chi connectivity index (χ3n) is 11.2. The molecule has 290 valence electrons. The summed E-state index contributed by atoms with van der Waals surface area (Å²) in [6.07, 6.45) is 57.1. The van der Waals surface area contributed by atoms with Crippen LogP contribution in [0.25, 0.3) is 0 Å². The summed E-state index contributed by atoms with van der Waals surface area (Å²) in [4.78, 5) is 2.87. The molecule has 0 aromatic carbocycles. The molecule has 1 heteroatoms. The average molecular weight is 676 g/mol. The zero-order valence-electron chi connectivity index (χ0n) is 34.7. The van der Waals surface area contributed by atoms with Crippen LogP contribution in [0.5, 0.6) is 0 Å². The summed E-state index contributed by atoms with van der Waals surface area (Å²) in [5.41, 5.74) is 0. The summed E-state index contributed by atoms with van der Waals surface area (Å²) < 4.78 is 0. The van der Waals surface area contributed by atoms with Gasteiger partial charge in [-0.3, -0.25) is 0 Å². The van der Waals surface area contributed by atoms with Gasteiger partial charge in [-0.25, -0.2) is 0 Å². The van der Waals surface area contributed by atoms with Crippen LogP contribution < -0.4 is 0 Å². The van der Waals surface area contributed by atoms with Crippen molar-refractivity contribution >= 4 is 0 Å². The van der Waals surface area contributed by atoms with Crippen LogP contribution in [0.1, 0.15) is 278 Å². The van der Waals surface area contributed by atoms with Crippen molar-refractivity contribution in [1.29, 1.82) is 0 Å². The Morgan fingerprint density at radius 1 is 0.250 bits per heavy atom. The minimum atomic E-state index is 0.886. The van der Waals surface area contributed by atoms with Crippen molar-refractivity contribution in [2.45, 2.75) is 278 Å². The Morgan fingerprint density at radius 3 is 0.646 bits per heavy atom. The van der Waals surface area contributed by atoms with Crippen LogP contribution in [0, 0.1) is 5.92 Å². The highest BCUT2D eigenvalue weighted by Gasteiger charge is 2.06. The van der Waals surface area contributed by atoms with Crippen molar-refractivity contribution in [2.24, 2.45) is 5.92 Å². The van der Waals surface area contributed by atoms with E-state index in [1.807, 2.05) is 0 Å². The van der Waals surface area contributed by atoms with Gasteiger partial charge in [-0.1, -0.05) is 259 Å². The van der Waals surface area contributed by atoms with E-state index in [0.29, 0.717) is 0 Å². The molecule has 0 saturated carbocycles. The second kappa shape index (κ2) is 43.1. The molecule has 0 atom stereocenters. The maximum Gasteiger partial charge on any atom is -0.00187 e. The molecule has 1 nitrogen and oxygen atoms in total. The fourth-order valence-corrected chi connectivity index (χ4v) is 7.70. The fourth-order valence-electron chi connectivity index (χ4n) is 7.70. The van der Waals surface area contributed by atoms with Gasteiger partial charge in [-0.2, -0.15) is 0 Å². The smallest absolute Gasteiger partial charge is 0.00187 e. The predicted molar refractivity (Wildman–Crippen MR) is 223 cm³/mol. The van der Waals surface area contributed by atoms with Crippen LogP contribution in [0.3, 0.4) is 0 Å². The molecule has 0 N–H and O–H groups in total. The molecule has 0 heterocycles. The van der Waals surface area contributed by atoms with E-state index in [4.69, 9.17) is 0 Å². The number of rotatable bonds is 43. The summed E-state index contributed by atoms with van der Waals surface area (Å²) in [6, 6.07) is 0. The zero-order chi connectivity index (χ0) is 34.9. The van der Waals surface area contributed by atoms with Crippen molar-refractivity contribution in [3.05, 3.63) is 0 Å². The van der Waals surface area contributed by atoms with E-state index in [9.17, 15) is 0 Å². The number of hydrogen-bond acceptors (Lipinski definition) is 1. The molecule has 0 amide bonds. The highest BCUT2D eigenvalue weighted by Crippen LogP contribution is 2.17. The van der Waals surface area contributed by atoms with Crippen LogP contribution in [-0.4, -0.2) is 24.5 Å². The molecule has 0 unspecified atom stereocenters. The fraction of sp³-hybridized carbons (Fsp3) is 1.00. The van der Waals surface area contributed by atoms with Gasteiger partial charge in [0.15, 0.2) is 0 Å². The summed E-state index contributed by atoms with van der Waals surface area (Å²) in [6.45, 7) is 13.5. The van der Waals surface area contributed by atoms with Crippen LogP contribution in [0.15, 0.2) is 0 Å². The SMILES string of the molecule is CCCCCCCCCCCCCCCCCN(CCCCCCCCCCCCCCCCC)CCCCCCCCCCC(C)C. The Bertz CT molecular complexity index is 507. The molecule has 0 saturated heterocycles. The molecule has 0 fully saturated rings. The van der Waals surface area contributed by atoms with Gasteiger partial charge in [0.1, 0.15) is 0 Å². The lowest BCUT2D eigenvalue weighted by Crippen LogP contribution is -2.27. The van der Waals surface area contributed by atoms with Gasteiger partial charge in [-0.15, -0.1) is 0 Å². The lowest BCUT2D eigenvalue weighted by molar-refractivity contribution is 0.254. The first-order valence-electron chi connectivity index (χ1n) is 23.4. The molecule has 0 aromatic rings. The molecule has 0 bridgehead atoms. The quantitative estimate of drug-likeness (QED) is 0.0581. The van der Waals surface area contributed by atoms with Crippen molar-refractivity contribution < 1.29 is 0 Å². The maximum absolute atomic E-state index is 2.87. The van der Waals surface area contributed by atoms with E-state index in [2.05, 4.69) is 32.6 Å². The second-order valence-corrected chi connectivity index (χ2v) is 16.8. The minimum absolute atomic E-state index is 0.886. The van der Waals surface area contributed by atoms with E-state index < -0.39 is 0 Å². The zero-order valence-corrected chi connectivity index (χ0v) is 34.7. The standard InChI is InChI=1S/C47H97N/c1-5-7-9-11-13-15-17-19-21-23-25-28-32-36-40-44-48(46-42-38-34-30-27-31-35-39-43-47(3)4)45-41-37-33-29-26-24-22-20-18-16-14-12-10-8-6-2/h47H,5-46H2,1-4H3. The lowest BCUT2D eigenvalue weighted by Gasteiger charge is -2.22. The summed E-state index contributed by atoms with van der Waals surface area (Å²) >= 11 is 0. The van der Waals surface area contributed by atoms with Crippen molar-refractivity contribution in [3.63, 3.8) is 0 Å². The third kappa shape index (κ3) is 42.1. The van der Waals surface area contributed by atoms with Gasteiger partial charge in [-0.05, 0) is 44.8 Å². The Hall–Kier alpha value is -0.0400. The first-order valence-corrected chi connectivity index (χ1v) is 23.4. The largest absolute Gasteiger partial charge is 0.303 e. The second-order valence-electron chi connectivity index (χ2n) is 16.8. The molecule has 0 aliphatic carbocycles. The third-order valence-corrected chi connectivity index (χ3v) is 11.2. The Labute approximate surface area is 307 Å². The van der Waals surface area contributed by atoms with Crippen LogP contribution >= 0.6 is 0 Å². The average Bonchev–Trinajstić information content (AvgIpc) is 3.08. The normalized spacial score (nSPS) is 11.9. The Kier molecular flexibility index (Phi) is 43.1. The molecule has 0 aliphatic rings. The highest BCUT2D eigenvalue weighted by molar-refractivity contribution is 4.61. The van der Waals surface area contributed by atoms with E-state index in [-0.39, 0.29) is 0 Å². The van der Waals surface area contributed by atoms with E-state index in [0.717, 1.165) is 5.92 Å². The van der Waals surface area contributed by atoms with Gasteiger partial charge in [0.25, 0.3) is 0 Å². The summed E-state index contributed by atoms with van der Waals surface area (Å²) in [5.74, 6) is 0.886. The first kappa shape index (κ1) is 48.0. The summed E-state index contributed by atoms with van der Waals surface area (Å²) in [7, 11) is 0. The monoisotopic (exact) mass is 676 g/mol. The van der Waals surface area contributed by atoms with Crippen molar-refractivity contribution in [1.82, 2.24) is 4.90 Å². The molecule has 0 rings (SSSR count). The van der Waals surface area contributed by atoms with E-state index in [1.54, 1.807) is 0 Å². The van der Waals surface area contributed by atoms with Crippen LogP contribution in [-0.2, 0) is 0 Å². The molecular formula is C47H97N. The minimum Gasteiger partial charge on any atom is -0.303 e. The summed E-state index contributed by atoms with van der Waals surface area (Å²) in [5, 5.41) is 0. The predicted octanol–water partition coefficient (Wildman–Crippen LogP) is 17.2. The van der Waals surface area contributed by atoms with Crippen molar-refractivity contribution in [2.75, 3.05) is 19.6 Å². The molecule has 0 aliphatic heterocycles. The van der Waals surface area contributed by atoms with Crippen LogP contribution in [0.4, 0.5) is 0 Å². The number of unbranched alkanes of at least 4 members (excludes halogenated alkanes) is 35. The van der Waals surface area contributed by atoms with Crippen LogP contribution in [0.2, 0.25) is 0 Å². The van der Waals surface area contributed by atoms with E-state index in [1.165, 1.54) is 270 Å². The number of nitrogens with zero attached hydrogens (tertiary/aromatic N) is 1. The Balaban J connectivity index is 3.90. The van der Waals surface area contributed by atoms with E-state index >= 15 is 0 Å². The van der Waals surface area contributed by atoms with Gasteiger partial charge in [0, 0.05) is 0 Å². The maximum atomic E-state index is 2.87. The van der Waals surface area contributed by atoms with Gasteiger partial charge in [0.2, 0.25) is 0 Å². The topological polar surface area (TPSA) is 3.24 Å². The van der Waals surface area contributed by atoms with Gasteiger partial charge >= 0.3 is 0 Å². The molecule has 0 radical (unpaired) electrons. The number of hydrogen-bond donors (Lipinski definition) is 0. The first-order chi connectivity index (χ1) is 23.7. The van der Waals surface area contributed by atoms with Crippen molar-refractivity contribution in [3.8, 4) is 0 Å². The van der Waals surface area contributed by atoms with Gasteiger partial charge < -0.3 is 4.90 Å². The highest BCUT2D eigenvalue weighted by atomic mass is 15.1. The molecular weight excluding hydrogens is 579 g/mol. The Morgan fingerprint density at radius 2 is 0.438 bits per heavy atom. The lowest BCUT2D eigenvalue weighted by atomic mass is 10.0. The van der Waals surface area contributed by atoms with Gasteiger partial charge in [0.05, 0.1) is 0 Å².